The largest absolute Gasteiger partial charge is 0.481 e. The number of non-ortho nitro benzene ring substituents is 1. The number of hydrogen-bond acceptors (Lipinski definition) is 4. The molecule has 0 saturated heterocycles. The van der Waals surface area contributed by atoms with Crippen molar-refractivity contribution < 1.29 is 19.6 Å². The van der Waals surface area contributed by atoms with Gasteiger partial charge in [0.1, 0.15) is 0 Å². The summed E-state index contributed by atoms with van der Waals surface area (Å²) in [7, 11) is 0. The van der Waals surface area contributed by atoms with Crippen molar-refractivity contribution in [1.82, 2.24) is 10.6 Å². The predicted molar refractivity (Wildman–Crippen MR) is 74.8 cm³/mol. The lowest BCUT2D eigenvalue weighted by Crippen LogP contribution is -2.40. The van der Waals surface area contributed by atoms with Gasteiger partial charge in [-0.1, -0.05) is 12.1 Å². The molecule has 1 rings (SSSR count). The third kappa shape index (κ3) is 6.37. The third-order valence-corrected chi connectivity index (χ3v) is 2.74. The minimum absolute atomic E-state index is 0.0215. The molecule has 1 unspecified atom stereocenters. The van der Waals surface area contributed by atoms with Crippen LogP contribution in [-0.4, -0.2) is 28.1 Å². The van der Waals surface area contributed by atoms with Gasteiger partial charge in [-0.05, 0) is 18.9 Å². The first-order chi connectivity index (χ1) is 9.88. The zero-order valence-corrected chi connectivity index (χ0v) is 11.5. The van der Waals surface area contributed by atoms with Crippen LogP contribution in [0.25, 0.3) is 0 Å². The molecule has 1 aromatic carbocycles. The molecule has 21 heavy (non-hydrogen) atoms. The summed E-state index contributed by atoms with van der Waals surface area (Å²) in [6, 6.07) is 5.25. The Balaban J connectivity index is 2.40. The summed E-state index contributed by atoms with van der Waals surface area (Å²) in [6.45, 7) is 1.86. The topological polar surface area (TPSA) is 122 Å². The standard InChI is InChI=1S/C13H17N3O5/c1-9(5-6-12(17)18)15-13(19)14-8-10-3-2-4-11(7-10)16(20)21/h2-4,7,9H,5-6,8H2,1H3,(H,17,18)(H2,14,15,19). The third-order valence-electron chi connectivity index (χ3n) is 2.74. The van der Waals surface area contributed by atoms with E-state index in [-0.39, 0.29) is 24.7 Å². The summed E-state index contributed by atoms with van der Waals surface area (Å²) in [6.07, 6.45) is 0.311. The van der Waals surface area contributed by atoms with Crippen LogP contribution in [0.4, 0.5) is 10.5 Å². The Labute approximate surface area is 121 Å². The first kappa shape index (κ1) is 16.4. The number of rotatable bonds is 7. The van der Waals surface area contributed by atoms with Crippen LogP contribution < -0.4 is 10.6 Å². The van der Waals surface area contributed by atoms with E-state index >= 15 is 0 Å². The van der Waals surface area contributed by atoms with Gasteiger partial charge in [0.05, 0.1) is 4.92 Å². The van der Waals surface area contributed by atoms with Gasteiger partial charge in [-0.15, -0.1) is 0 Å². The quantitative estimate of drug-likeness (QED) is 0.521. The number of urea groups is 1. The molecule has 0 spiro atoms. The Morgan fingerprint density at radius 3 is 2.76 bits per heavy atom. The van der Waals surface area contributed by atoms with E-state index in [1.807, 2.05) is 0 Å². The van der Waals surface area contributed by atoms with Gasteiger partial charge >= 0.3 is 12.0 Å². The Morgan fingerprint density at radius 2 is 2.14 bits per heavy atom. The maximum absolute atomic E-state index is 11.6. The Kier molecular flexibility index (Phi) is 6.12. The number of carboxylic acids is 1. The monoisotopic (exact) mass is 295 g/mol. The van der Waals surface area contributed by atoms with Gasteiger partial charge in [0.15, 0.2) is 0 Å². The number of amides is 2. The van der Waals surface area contributed by atoms with Gasteiger partial charge < -0.3 is 15.7 Å². The van der Waals surface area contributed by atoms with E-state index < -0.39 is 16.9 Å². The van der Waals surface area contributed by atoms with E-state index in [1.165, 1.54) is 12.1 Å². The van der Waals surface area contributed by atoms with E-state index in [9.17, 15) is 19.7 Å². The second-order valence-electron chi connectivity index (χ2n) is 4.59. The van der Waals surface area contributed by atoms with Crippen LogP contribution in [-0.2, 0) is 11.3 Å². The van der Waals surface area contributed by atoms with Crippen molar-refractivity contribution in [2.75, 3.05) is 0 Å². The molecule has 0 aliphatic rings. The molecule has 0 saturated carbocycles. The fourth-order valence-corrected chi connectivity index (χ4v) is 1.65. The Hall–Kier alpha value is -2.64. The number of nitro groups is 1. The van der Waals surface area contributed by atoms with Crippen molar-refractivity contribution in [3.8, 4) is 0 Å². The average molecular weight is 295 g/mol. The number of nitro benzene ring substituents is 1. The summed E-state index contributed by atoms with van der Waals surface area (Å²) < 4.78 is 0. The molecule has 0 bridgehead atoms. The van der Waals surface area contributed by atoms with Crippen LogP contribution >= 0.6 is 0 Å². The van der Waals surface area contributed by atoms with Gasteiger partial charge in [0.2, 0.25) is 0 Å². The minimum atomic E-state index is -0.916. The summed E-state index contributed by atoms with van der Waals surface area (Å²) in [5.74, 6) is -0.916. The molecular weight excluding hydrogens is 278 g/mol. The molecule has 0 fully saturated rings. The summed E-state index contributed by atoms with van der Waals surface area (Å²) in [5, 5.41) is 24.3. The van der Waals surface area contributed by atoms with Crippen molar-refractivity contribution in [2.45, 2.75) is 32.4 Å². The van der Waals surface area contributed by atoms with Crippen molar-refractivity contribution >= 4 is 17.7 Å². The number of hydrogen-bond donors (Lipinski definition) is 3. The maximum Gasteiger partial charge on any atom is 0.315 e. The predicted octanol–water partition coefficient (Wildman–Crippen LogP) is 1.65. The number of benzene rings is 1. The lowest BCUT2D eigenvalue weighted by Gasteiger charge is -2.13. The Morgan fingerprint density at radius 1 is 1.43 bits per heavy atom. The van der Waals surface area contributed by atoms with Crippen LogP contribution in [0.15, 0.2) is 24.3 Å². The first-order valence-electron chi connectivity index (χ1n) is 6.38. The van der Waals surface area contributed by atoms with Gasteiger partial charge in [-0.25, -0.2) is 4.79 Å². The zero-order chi connectivity index (χ0) is 15.8. The number of carbonyl (C=O) groups excluding carboxylic acids is 1. The van der Waals surface area contributed by atoms with E-state index in [1.54, 1.807) is 19.1 Å². The molecule has 1 atom stereocenters. The number of carbonyl (C=O) groups is 2. The molecule has 8 heteroatoms. The van der Waals surface area contributed by atoms with Crippen molar-refractivity contribution in [2.24, 2.45) is 0 Å². The molecule has 0 heterocycles. The molecule has 3 N–H and O–H groups in total. The van der Waals surface area contributed by atoms with Gasteiger partial charge in [0.25, 0.3) is 5.69 Å². The van der Waals surface area contributed by atoms with E-state index in [2.05, 4.69) is 10.6 Å². The first-order valence-corrected chi connectivity index (χ1v) is 6.38. The van der Waals surface area contributed by atoms with Crippen LogP contribution in [0.1, 0.15) is 25.3 Å². The van der Waals surface area contributed by atoms with E-state index in [0.717, 1.165) is 0 Å². The lowest BCUT2D eigenvalue weighted by atomic mass is 10.2. The minimum Gasteiger partial charge on any atom is -0.481 e. The molecular formula is C13H17N3O5. The fourth-order valence-electron chi connectivity index (χ4n) is 1.65. The highest BCUT2D eigenvalue weighted by molar-refractivity contribution is 5.74. The molecule has 0 aromatic heterocycles. The number of carboxylic acid groups (broad SMARTS) is 1. The van der Waals surface area contributed by atoms with E-state index in [4.69, 9.17) is 5.11 Å². The van der Waals surface area contributed by atoms with Gasteiger partial charge in [-0.3, -0.25) is 14.9 Å². The maximum atomic E-state index is 11.6. The van der Waals surface area contributed by atoms with Crippen molar-refractivity contribution in [3.63, 3.8) is 0 Å². The molecule has 0 aliphatic carbocycles. The second-order valence-corrected chi connectivity index (χ2v) is 4.59. The molecule has 1 aromatic rings. The highest BCUT2D eigenvalue weighted by Gasteiger charge is 2.10. The zero-order valence-electron chi connectivity index (χ0n) is 11.5. The number of nitrogens with zero attached hydrogens (tertiary/aromatic N) is 1. The van der Waals surface area contributed by atoms with Crippen molar-refractivity contribution in [1.29, 1.82) is 0 Å². The second kappa shape index (κ2) is 7.83. The van der Waals surface area contributed by atoms with Crippen molar-refractivity contribution in [3.05, 3.63) is 39.9 Å². The van der Waals surface area contributed by atoms with E-state index in [0.29, 0.717) is 12.0 Å². The Bertz CT molecular complexity index is 532. The summed E-state index contributed by atoms with van der Waals surface area (Å²) in [5.41, 5.74) is 0.571. The normalized spacial score (nSPS) is 11.5. The number of nitrogens with one attached hydrogen (secondary N) is 2. The molecule has 0 aliphatic heterocycles. The van der Waals surface area contributed by atoms with Crippen LogP contribution in [0.2, 0.25) is 0 Å². The SMILES string of the molecule is CC(CCC(=O)O)NC(=O)NCc1cccc([N+](=O)[O-])c1. The smallest absolute Gasteiger partial charge is 0.315 e. The van der Waals surface area contributed by atoms with Crippen LogP contribution in [0.3, 0.4) is 0 Å². The van der Waals surface area contributed by atoms with Crippen LogP contribution in [0, 0.1) is 10.1 Å². The lowest BCUT2D eigenvalue weighted by molar-refractivity contribution is -0.384. The molecule has 0 radical (unpaired) electrons. The summed E-state index contributed by atoms with van der Waals surface area (Å²) in [4.78, 5) is 32.1. The fraction of sp³-hybridized carbons (Fsp3) is 0.385. The molecule has 8 nitrogen and oxygen atoms in total. The molecule has 2 amide bonds. The van der Waals surface area contributed by atoms with Crippen LogP contribution in [0.5, 0.6) is 0 Å². The molecule has 114 valence electrons. The van der Waals surface area contributed by atoms with Gasteiger partial charge in [0, 0.05) is 31.1 Å². The average Bonchev–Trinajstić information content (AvgIpc) is 2.43. The highest BCUT2D eigenvalue weighted by Crippen LogP contribution is 2.12. The number of aliphatic carboxylic acids is 1. The van der Waals surface area contributed by atoms with Gasteiger partial charge in [-0.2, -0.15) is 0 Å². The highest BCUT2D eigenvalue weighted by atomic mass is 16.6. The summed E-state index contributed by atoms with van der Waals surface area (Å²) >= 11 is 0.